The van der Waals surface area contributed by atoms with Crippen molar-refractivity contribution in [3.05, 3.63) is 59.4 Å². The number of aryl methyl sites for hydroxylation is 1. The van der Waals surface area contributed by atoms with Crippen LogP contribution in [0.25, 0.3) is 0 Å². The minimum Gasteiger partial charge on any atom is -0.466 e. The van der Waals surface area contributed by atoms with Crippen LogP contribution in [0.2, 0.25) is 0 Å². The molecule has 1 saturated heterocycles. The topological polar surface area (TPSA) is 72.1 Å². The highest BCUT2D eigenvalue weighted by atomic mass is 16.5. The third kappa shape index (κ3) is 8.25. The summed E-state index contributed by atoms with van der Waals surface area (Å²) < 4.78 is 7.25. The van der Waals surface area contributed by atoms with Crippen LogP contribution in [-0.2, 0) is 9.53 Å². The highest BCUT2D eigenvalue weighted by Crippen LogP contribution is 2.37. The zero-order chi connectivity index (χ0) is 29.2. The molecule has 222 valence electrons. The Morgan fingerprint density at radius 1 is 1.15 bits per heavy atom. The maximum absolute atomic E-state index is 12.1. The molecule has 7 heteroatoms. The molecule has 0 aliphatic carbocycles. The molecule has 3 aliphatic heterocycles. The van der Waals surface area contributed by atoms with Crippen molar-refractivity contribution in [2.24, 2.45) is 27.7 Å². The largest absolute Gasteiger partial charge is 0.466 e. The molecule has 1 fully saturated rings. The molecule has 7 nitrogen and oxygen atoms in total. The summed E-state index contributed by atoms with van der Waals surface area (Å²) in [5, 5.41) is 4.75. The average Bonchev–Trinajstić information content (AvgIpc) is 3.36. The summed E-state index contributed by atoms with van der Waals surface area (Å²) in [4.78, 5) is 24.7. The van der Waals surface area contributed by atoms with Crippen LogP contribution in [0, 0.1) is 24.7 Å². The molecule has 0 amide bonds. The number of piperidine rings is 1. The maximum Gasteiger partial charge on any atom is 0.309 e. The molecular weight excluding hydrogens is 510 g/mol. The van der Waals surface area contributed by atoms with Crippen LogP contribution >= 0.6 is 0 Å². The fourth-order valence-corrected chi connectivity index (χ4v) is 6.04. The van der Waals surface area contributed by atoms with E-state index in [1.165, 1.54) is 11.1 Å². The minimum atomic E-state index is -0.0858. The second kappa shape index (κ2) is 15.2. The summed E-state index contributed by atoms with van der Waals surface area (Å²) in [5.74, 6) is 1.59. The normalized spacial score (nSPS) is 22.5. The second-order valence-corrected chi connectivity index (χ2v) is 11.6. The van der Waals surface area contributed by atoms with Crippen molar-refractivity contribution in [2.45, 2.75) is 85.7 Å². The van der Waals surface area contributed by atoms with E-state index in [-0.39, 0.29) is 24.0 Å². The Morgan fingerprint density at radius 3 is 2.66 bits per heavy atom. The number of carbonyl (C=O) groups is 1. The molecule has 0 saturated carbocycles. The molecule has 3 atom stereocenters. The molecular formula is C34H49N5O2. The van der Waals surface area contributed by atoms with Gasteiger partial charge in [-0.15, -0.1) is 0 Å². The molecule has 0 bridgehead atoms. The Balaban J connectivity index is 1.45. The SMILES string of the molecule is CCC=CC=CCC1=CC2C=Nc3cc(C)nn3C2N=C1C(=CCC)CCC(C)CN1CCC(C(=O)OCC)CC1. The summed E-state index contributed by atoms with van der Waals surface area (Å²) in [6.45, 7) is 14.1. The van der Waals surface area contributed by atoms with E-state index in [1.54, 1.807) is 0 Å². The van der Waals surface area contributed by atoms with Gasteiger partial charge in [0.1, 0.15) is 0 Å². The van der Waals surface area contributed by atoms with Crippen LogP contribution in [0.4, 0.5) is 5.82 Å². The lowest BCUT2D eigenvalue weighted by Gasteiger charge is -2.33. The van der Waals surface area contributed by atoms with Gasteiger partial charge >= 0.3 is 5.97 Å². The van der Waals surface area contributed by atoms with Crippen LogP contribution in [0.3, 0.4) is 0 Å². The van der Waals surface area contributed by atoms with Gasteiger partial charge in [-0.1, -0.05) is 57.2 Å². The van der Waals surface area contributed by atoms with Gasteiger partial charge in [0.15, 0.2) is 12.0 Å². The quantitative estimate of drug-likeness (QED) is 0.187. The lowest BCUT2D eigenvalue weighted by atomic mass is 9.87. The van der Waals surface area contributed by atoms with Crippen molar-refractivity contribution < 1.29 is 9.53 Å². The standard InChI is InChI=1S/C34H49N5O2/c1-6-9-10-11-12-14-29-22-30-23-35-31-21-26(5)37-39(31)33(30)36-32(29)27(13-7-2)16-15-25(4)24-38-19-17-28(18-20-38)34(40)41-8-3/h9-13,21-23,25,28,30,33H,6-8,14-20,24H2,1-5H3. The first-order valence-electron chi connectivity index (χ1n) is 15.7. The van der Waals surface area contributed by atoms with Crippen LogP contribution in [0.5, 0.6) is 0 Å². The van der Waals surface area contributed by atoms with E-state index < -0.39 is 0 Å². The maximum atomic E-state index is 12.1. The fraction of sp³-hybridized carbons (Fsp3) is 0.588. The zero-order valence-corrected chi connectivity index (χ0v) is 25.8. The summed E-state index contributed by atoms with van der Waals surface area (Å²) in [5.41, 5.74) is 4.73. The average molecular weight is 560 g/mol. The Bertz CT molecular complexity index is 1210. The van der Waals surface area contributed by atoms with Gasteiger partial charge in [-0.05, 0) is 88.9 Å². The molecule has 4 rings (SSSR count). The number of allylic oxidation sites excluding steroid dienone is 7. The summed E-state index contributed by atoms with van der Waals surface area (Å²) >= 11 is 0. The number of nitrogens with zero attached hydrogens (tertiary/aromatic N) is 5. The smallest absolute Gasteiger partial charge is 0.309 e. The van der Waals surface area contributed by atoms with Gasteiger partial charge in [-0.2, -0.15) is 5.10 Å². The number of esters is 1. The van der Waals surface area contributed by atoms with Crippen LogP contribution in [0.15, 0.2) is 63.7 Å². The number of fused-ring (bicyclic) bond motifs is 3. The first kappa shape index (κ1) is 30.9. The van der Waals surface area contributed by atoms with E-state index in [4.69, 9.17) is 14.8 Å². The first-order valence-corrected chi connectivity index (χ1v) is 15.7. The summed E-state index contributed by atoms with van der Waals surface area (Å²) in [6.07, 6.45) is 22.2. The van der Waals surface area contributed by atoms with E-state index in [9.17, 15) is 4.79 Å². The highest BCUT2D eigenvalue weighted by Gasteiger charge is 2.32. The number of hydrogen-bond donors (Lipinski definition) is 0. The van der Waals surface area contributed by atoms with Crippen molar-refractivity contribution in [2.75, 3.05) is 26.2 Å². The second-order valence-electron chi connectivity index (χ2n) is 11.6. The van der Waals surface area contributed by atoms with E-state index in [1.807, 2.05) is 30.8 Å². The molecule has 1 aromatic rings. The van der Waals surface area contributed by atoms with Crippen LogP contribution in [0.1, 0.15) is 84.5 Å². The number of aliphatic imine (C=N–C) groups is 2. The first-order chi connectivity index (χ1) is 19.9. The lowest BCUT2D eigenvalue weighted by Crippen LogP contribution is -2.39. The zero-order valence-electron chi connectivity index (χ0n) is 25.8. The van der Waals surface area contributed by atoms with E-state index in [2.05, 4.69) is 67.1 Å². The van der Waals surface area contributed by atoms with Gasteiger partial charge in [0.25, 0.3) is 0 Å². The molecule has 0 N–H and O–H groups in total. The third-order valence-electron chi connectivity index (χ3n) is 8.17. The molecule has 3 unspecified atom stereocenters. The van der Waals surface area contributed by atoms with Crippen molar-refractivity contribution >= 4 is 23.7 Å². The van der Waals surface area contributed by atoms with Crippen molar-refractivity contribution in [1.82, 2.24) is 14.7 Å². The number of dihydropyridines is 1. The van der Waals surface area contributed by atoms with E-state index in [0.717, 1.165) is 81.8 Å². The number of hydrogen-bond acceptors (Lipinski definition) is 6. The highest BCUT2D eigenvalue weighted by molar-refractivity contribution is 6.13. The molecule has 1 aromatic heterocycles. The monoisotopic (exact) mass is 559 g/mol. The number of rotatable bonds is 13. The lowest BCUT2D eigenvalue weighted by molar-refractivity contribution is -0.149. The van der Waals surface area contributed by atoms with Gasteiger partial charge in [0.05, 0.1) is 29.8 Å². The number of ether oxygens (including phenoxy) is 1. The predicted molar refractivity (Wildman–Crippen MR) is 169 cm³/mol. The van der Waals surface area contributed by atoms with Crippen molar-refractivity contribution in [3.63, 3.8) is 0 Å². The molecule has 41 heavy (non-hydrogen) atoms. The predicted octanol–water partition coefficient (Wildman–Crippen LogP) is 7.34. The Labute approximate surface area is 246 Å². The molecule has 0 spiro atoms. The van der Waals surface area contributed by atoms with Gasteiger partial charge < -0.3 is 9.64 Å². The Morgan fingerprint density at radius 2 is 1.93 bits per heavy atom. The third-order valence-corrected chi connectivity index (χ3v) is 8.17. The molecule has 0 aromatic carbocycles. The molecule has 3 aliphatic rings. The molecule has 0 radical (unpaired) electrons. The number of likely N-dealkylation sites (tertiary alicyclic amines) is 1. The van der Waals surface area contributed by atoms with Gasteiger partial charge in [-0.3, -0.25) is 9.79 Å². The number of carbonyl (C=O) groups excluding carboxylic acids is 1. The van der Waals surface area contributed by atoms with Gasteiger partial charge in [0, 0.05) is 18.8 Å². The van der Waals surface area contributed by atoms with Crippen molar-refractivity contribution in [1.29, 1.82) is 0 Å². The Kier molecular flexibility index (Phi) is 11.5. The fourth-order valence-electron chi connectivity index (χ4n) is 6.04. The minimum absolute atomic E-state index is 0.0215. The van der Waals surface area contributed by atoms with Gasteiger partial charge in [-0.25, -0.2) is 9.67 Å². The van der Waals surface area contributed by atoms with Crippen molar-refractivity contribution in [3.8, 4) is 0 Å². The van der Waals surface area contributed by atoms with E-state index in [0.29, 0.717) is 12.5 Å². The number of aromatic nitrogens is 2. The van der Waals surface area contributed by atoms with Crippen LogP contribution in [-0.4, -0.2) is 58.8 Å². The van der Waals surface area contributed by atoms with Gasteiger partial charge in [0.2, 0.25) is 0 Å². The Hall–Kier alpha value is -3.06. The van der Waals surface area contributed by atoms with Crippen LogP contribution < -0.4 is 0 Å². The summed E-state index contributed by atoms with van der Waals surface area (Å²) in [6, 6.07) is 2.03. The summed E-state index contributed by atoms with van der Waals surface area (Å²) in [7, 11) is 0. The van der Waals surface area contributed by atoms with E-state index >= 15 is 0 Å². The molecule has 4 heterocycles.